The van der Waals surface area contributed by atoms with Crippen LogP contribution in [0.5, 0.6) is 0 Å². The van der Waals surface area contributed by atoms with Crippen LogP contribution in [0, 0.1) is 0 Å². The van der Waals surface area contributed by atoms with E-state index in [9.17, 15) is 0 Å². The summed E-state index contributed by atoms with van der Waals surface area (Å²) in [6, 6.07) is 64.9. The van der Waals surface area contributed by atoms with Gasteiger partial charge in [0.15, 0.2) is 0 Å². The van der Waals surface area contributed by atoms with Gasteiger partial charge in [-0.25, -0.2) is 0 Å². The van der Waals surface area contributed by atoms with Gasteiger partial charge < -0.3 is 27.4 Å². The van der Waals surface area contributed by atoms with Crippen molar-refractivity contribution in [1.29, 1.82) is 0 Å². The predicted octanol–water partition coefficient (Wildman–Crippen LogP) is 11.8. The Morgan fingerprint density at radius 3 is 1.50 bits per heavy atom. The molecule has 8 aromatic carbocycles. The molecule has 0 aliphatic carbocycles. The van der Waals surface area contributed by atoms with Gasteiger partial charge >= 0.3 is 14.0 Å². The first kappa shape index (κ1) is 31.2. The zero-order chi connectivity index (χ0) is 38.8. The Labute approximate surface area is 343 Å². The number of aromatic nitrogens is 2. The molecule has 4 aliphatic heterocycles. The molecular weight excluding hydrogens is 734 g/mol. The average Bonchev–Trinajstić information content (AvgIpc) is 4.16. The Morgan fingerprint density at radius 1 is 0.350 bits per heavy atom. The van der Waals surface area contributed by atoms with Crippen molar-refractivity contribution in [1.82, 2.24) is 8.96 Å². The maximum absolute atomic E-state index is 6.58. The van der Waals surface area contributed by atoms with E-state index in [0.29, 0.717) is 0 Å². The number of hydrogen-bond donors (Lipinski definition) is 0. The number of furan rings is 2. The molecule has 0 radical (unpaired) electrons. The van der Waals surface area contributed by atoms with E-state index in [2.05, 4.69) is 188 Å². The Morgan fingerprint density at radius 2 is 0.817 bits per heavy atom. The lowest BCUT2D eigenvalue weighted by molar-refractivity contribution is 0.633. The van der Waals surface area contributed by atoms with Gasteiger partial charge in [0.05, 0.1) is 22.4 Å². The van der Waals surface area contributed by atoms with Crippen molar-refractivity contribution in [2.75, 3.05) is 9.62 Å². The fourth-order valence-corrected chi connectivity index (χ4v) is 11.3. The zero-order valence-corrected chi connectivity index (χ0v) is 32.1. The van der Waals surface area contributed by atoms with Gasteiger partial charge in [-0.05, 0) is 54.6 Å². The van der Waals surface area contributed by atoms with E-state index in [1.54, 1.807) is 0 Å². The number of nitrogens with zero attached hydrogens (tertiary/aromatic N) is 4. The van der Waals surface area contributed by atoms with Gasteiger partial charge in [0.25, 0.3) is 0 Å². The summed E-state index contributed by atoms with van der Waals surface area (Å²) in [6.07, 6.45) is 0. The highest BCUT2D eigenvalue weighted by Crippen LogP contribution is 2.52. The topological polar surface area (TPSA) is 42.6 Å². The second-order valence-electron chi connectivity index (χ2n) is 16.3. The van der Waals surface area contributed by atoms with Crippen LogP contribution in [-0.4, -0.2) is 22.9 Å². The third-order valence-corrected chi connectivity index (χ3v) is 13.5. The molecule has 0 unspecified atom stereocenters. The van der Waals surface area contributed by atoms with Crippen LogP contribution < -0.4 is 20.7 Å². The second kappa shape index (κ2) is 11.0. The molecular formula is C52H30B2N4O2. The molecule has 0 saturated carbocycles. The smallest absolute Gasteiger partial charge is 0.459 e. The number of para-hydroxylation sites is 8. The molecule has 12 aromatic rings. The number of anilines is 4. The highest BCUT2D eigenvalue weighted by Gasteiger charge is 2.49. The van der Waals surface area contributed by atoms with Gasteiger partial charge in [0, 0.05) is 76.9 Å². The summed E-state index contributed by atoms with van der Waals surface area (Å²) in [5, 5.41) is 7.59. The van der Waals surface area contributed by atoms with Crippen molar-refractivity contribution in [2.45, 2.75) is 0 Å². The molecule has 16 rings (SSSR count). The van der Waals surface area contributed by atoms with Crippen molar-refractivity contribution in [2.24, 2.45) is 0 Å². The molecule has 4 aromatic heterocycles. The zero-order valence-electron chi connectivity index (χ0n) is 32.1. The summed E-state index contributed by atoms with van der Waals surface area (Å²) in [6.45, 7) is 0.0143. The van der Waals surface area contributed by atoms with Crippen LogP contribution in [0.4, 0.5) is 22.7 Å². The summed E-state index contributed by atoms with van der Waals surface area (Å²) in [7, 11) is 0. The highest BCUT2D eigenvalue weighted by molar-refractivity contribution is 6.84. The van der Waals surface area contributed by atoms with Crippen LogP contribution in [0.25, 0.3) is 88.0 Å². The lowest BCUT2D eigenvalue weighted by atomic mass is 9.61. The molecule has 0 amide bonds. The van der Waals surface area contributed by atoms with Gasteiger partial charge in [-0.3, -0.25) is 0 Å². The molecule has 0 fully saturated rings. The van der Waals surface area contributed by atoms with Crippen LogP contribution in [0.3, 0.4) is 0 Å². The van der Waals surface area contributed by atoms with Crippen LogP contribution in [0.1, 0.15) is 0 Å². The van der Waals surface area contributed by atoms with E-state index in [1.165, 1.54) is 93.7 Å². The minimum Gasteiger partial charge on any atom is -0.465 e. The Bertz CT molecular complexity index is 3850. The van der Waals surface area contributed by atoms with Crippen molar-refractivity contribution >= 4 is 113 Å². The molecule has 0 saturated heterocycles. The second-order valence-corrected chi connectivity index (χ2v) is 16.3. The summed E-state index contributed by atoms with van der Waals surface area (Å²) in [4.78, 5) is 4.95. The van der Waals surface area contributed by atoms with E-state index in [1.807, 2.05) is 12.1 Å². The van der Waals surface area contributed by atoms with Crippen LogP contribution in [-0.2, 0) is 0 Å². The van der Waals surface area contributed by atoms with E-state index in [4.69, 9.17) is 8.83 Å². The summed E-state index contributed by atoms with van der Waals surface area (Å²) in [5.74, 6) is 0.992. The minimum absolute atomic E-state index is 0.0258. The first-order chi connectivity index (χ1) is 29.8. The number of benzene rings is 8. The summed E-state index contributed by atoms with van der Waals surface area (Å²) < 4.78 is 18.0. The maximum atomic E-state index is 6.58. The van der Waals surface area contributed by atoms with E-state index in [0.717, 1.165) is 28.1 Å². The molecule has 60 heavy (non-hydrogen) atoms. The summed E-state index contributed by atoms with van der Waals surface area (Å²) >= 11 is 0. The Kier molecular flexibility index (Phi) is 5.72. The molecule has 8 heterocycles. The third-order valence-electron chi connectivity index (χ3n) is 13.5. The van der Waals surface area contributed by atoms with Crippen LogP contribution >= 0.6 is 0 Å². The number of hydrogen-bond acceptors (Lipinski definition) is 4. The Hall–Kier alpha value is -7.83. The normalized spacial score (nSPS) is 13.9. The average molecular weight is 764 g/mol. The van der Waals surface area contributed by atoms with E-state index < -0.39 is 0 Å². The Balaban J connectivity index is 0.000000114. The summed E-state index contributed by atoms with van der Waals surface area (Å²) in [5.41, 5.74) is 17.8. The largest absolute Gasteiger partial charge is 0.465 e. The first-order valence-electron chi connectivity index (χ1n) is 20.7. The lowest BCUT2D eigenvalue weighted by Gasteiger charge is -2.32. The molecule has 0 bridgehead atoms. The number of fused-ring (bicyclic) bond motifs is 26. The van der Waals surface area contributed by atoms with Crippen molar-refractivity contribution < 1.29 is 8.83 Å². The van der Waals surface area contributed by atoms with Crippen LogP contribution in [0.2, 0.25) is 0 Å². The molecule has 0 spiro atoms. The minimum atomic E-state index is -0.0258. The fraction of sp³-hybridized carbons (Fsp3) is 0. The SMILES string of the molecule is c1ccc2c(c1)-c1c(oc3ccccc13)B1N2c2cccc3c4ccccc4n1c23.c1ccc2c(c1)-c1oc3ccccc3c1B1N2c2cccc3c4ccccc4n1c23. The van der Waals surface area contributed by atoms with Gasteiger partial charge in [-0.15, -0.1) is 0 Å². The monoisotopic (exact) mass is 764 g/mol. The predicted molar refractivity (Wildman–Crippen MR) is 248 cm³/mol. The van der Waals surface area contributed by atoms with Gasteiger partial charge in [-0.1, -0.05) is 127 Å². The van der Waals surface area contributed by atoms with E-state index in [-0.39, 0.29) is 14.0 Å². The molecule has 8 heteroatoms. The van der Waals surface area contributed by atoms with Gasteiger partial charge in [0.1, 0.15) is 22.6 Å². The highest BCUT2D eigenvalue weighted by atomic mass is 16.3. The third kappa shape index (κ3) is 3.66. The van der Waals surface area contributed by atoms with Gasteiger partial charge in [0.2, 0.25) is 0 Å². The van der Waals surface area contributed by atoms with E-state index >= 15 is 0 Å². The fourth-order valence-electron chi connectivity index (χ4n) is 11.3. The molecule has 276 valence electrons. The van der Waals surface area contributed by atoms with Crippen LogP contribution in [0.15, 0.2) is 191 Å². The quantitative estimate of drug-likeness (QED) is 0.144. The molecule has 0 atom stereocenters. The molecule has 4 aliphatic rings. The van der Waals surface area contributed by atoms with Crippen molar-refractivity contribution in [3.05, 3.63) is 182 Å². The molecule has 0 N–H and O–H groups in total. The number of rotatable bonds is 0. The maximum Gasteiger partial charge on any atom is 0.459 e. The van der Waals surface area contributed by atoms with Crippen molar-refractivity contribution in [3.63, 3.8) is 0 Å². The lowest BCUT2D eigenvalue weighted by Crippen LogP contribution is -2.51. The molecule has 6 nitrogen and oxygen atoms in total. The first-order valence-corrected chi connectivity index (χ1v) is 20.7. The van der Waals surface area contributed by atoms with Crippen molar-refractivity contribution in [3.8, 4) is 22.5 Å². The standard InChI is InChI=1S/2C26H15BN2O/c1-4-12-20-16(8-1)17-11-7-14-22-25(17)29(20)27-24-19-10-3-6-15-23(19)30-26(24)18-9-2-5-13-21(18)28(22)27;1-4-12-20-16(8-1)17-11-7-14-22-25(17)29(20)27-26-24(19-10-3-6-15-23(19)30-26)18-9-2-5-13-21(18)28(22)27/h2*1-15H. The van der Waals surface area contributed by atoms with Gasteiger partial charge in [-0.2, -0.15) is 0 Å².